The van der Waals surface area contributed by atoms with Gasteiger partial charge in [-0.05, 0) is 12.1 Å². The van der Waals surface area contributed by atoms with Crippen molar-refractivity contribution in [1.82, 2.24) is 19.9 Å². The Hall–Kier alpha value is -2.87. The summed E-state index contributed by atoms with van der Waals surface area (Å²) in [6.07, 6.45) is 0.745. The van der Waals surface area contributed by atoms with E-state index in [1.807, 2.05) is 23.1 Å². The van der Waals surface area contributed by atoms with Gasteiger partial charge in [0, 0.05) is 59.2 Å². The zero-order valence-corrected chi connectivity index (χ0v) is 15.9. The van der Waals surface area contributed by atoms with Crippen LogP contribution in [0.3, 0.4) is 0 Å². The molecule has 2 aromatic heterocycles. The predicted molar refractivity (Wildman–Crippen MR) is 104 cm³/mol. The van der Waals surface area contributed by atoms with E-state index in [4.69, 9.17) is 8.94 Å². The summed E-state index contributed by atoms with van der Waals surface area (Å²) in [5.41, 5.74) is 1.32. The molecule has 2 aliphatic heterocycles. The van der Waals surface area contributed by atoms with Crippen LogP contribution in [0.1, 0.15) is 22.1 Å². The number of carbonyl (C=O) groups excluding carboxylic acids is 1. The van der Waals surface area contributed by atoms with Crippen LogP contribution < -0.4 is 4.90 Å². The lowest BCUT2D eigenvalue weighted by molar-refractivity contribution is 0.0704. The number of oxazole rings is 1. The van der Waals surface area contributed by atoms with Gasteiger partial charge in [-0.1, -0.05) is 17.3 Å². The summed E-state index contributed by atoms with van der Waals surface area (Å²) >= 11 is 0. The Bertz CT molecular complexity index is 1000. The molecule has 0 saturated carbocycles. The second-order valence-corrected chi connectivity index (χ2v) is 7.38. The van der Waals surface area contributed by atoms with Crippen LogP contribution >= 0.6 is 0 Å². The first kappa shape index (κ1) is 17.2. The number of hydrogen-bond acceptors (Lipinski definition) is 7. The van der Waals surface area contributed by atoms with Gasteiger partial charge in [0.2, 0.25) is 0 Å². The maximum atomic E-state index is 12.6. The molecule has 0 atom stereocenters. The average Bonchev–Trinajstić information content (AvgIpc) is 3.31. The highest BCUT2D eigenvalue weighted by Gasteiger charge is 2.30. The predicted octanol–water partition coefficient (Wildman–Crippen LogP) is 1.94. The van der Waals surface area contributed by atoms with Crippen LogP contribution in [-0.4, -0.2) is 71.7 Å². The number of aromatic nitrogens is 2. The first-order valence-electron chi connectivity index (χ1n) is 9.76. The van der Waals surface area contributed by atoms with Crippen molar-refractivity contribution in [1.29, 1.82) is 0 Å². The molecule has 0 spiro atoms. The number of aryl methyl sites for hydroxylation is 1. The molecule has 0 aliphatic carbocycles. The minimum absolute atomic E-state index is 0.00852. The molecule has 1 saturated heterocycles. The van der Waals surface area contributed by atoms with Crippen LogP contribution in [-0.2, 0) is 6.42 Å². The number of nitrogens with zero attached hydrogens (tertiary/aromatic N) is 5. The van der Waals surface area contributed by atoms with Crippen LogP contribution in [0.5, 0.6) is 0 Å². The molecule has 3 aromatic rings. The lowest BCUT2D eigenvalue weighted by atomic mass is 10.1. The molecule has 2 aliphatic rings. The van der Waals surface area contributed by atoms with Gasteiger partial charge in [0.25, 0.3) is 5.91 Å². The third-order valence-corrected chi connectivity index (χ3v) is 5.62. The number of rotatable bonds is 4. The fourth-order valence-corrected chi connectivity index (χ4v) is 4.05. The molecular formula is C20H23N5O3. The van der Waals surface area contributed by atoms with Gasteiger partial charge in [0.15, 0.2) is 23.0 Å². The van der Waals surface area contributed by atoms with Crippen molar-refractivity contribution in [3.8, 4) is 0 Å². The van der Waals surface area contributed by atoms with Crippen LogP contribution in [0.2, 0.25) is 0 Å². The quantitative estimate of drug-likeness (QED) is 0.683. The number of piperazine rings is 1. The summed E-state index contributed by atoms with van der Waals surface area (Å²) in [5.74, 6) is 2.21. The van der Waals surface area contributed by atoms with E-state index in [9.17, 15) is 4.79 Å². The van der Waals surface area contributed by atoms with Gasteiger partial charge in [0.05, 0.1) is 5.39 Å². The summed E-state index contributed by atoms with van der Waals surface area (Å²) in [7, 11) is 0. The number of anilines is 1. The first-order chi connectivity index (χ1) is 13.7. The number of benzene rings is 1. The van der Waals surface area contributed by atoms with Crippen molar-refractivity contribution in [2.75, 3.05) is 50.7 Å². The Morgan fingerprint density at radius 3 is 2.75 bits per heavy atom. The highest BCUT2D eigenvalue weighted by Crippen LogP contribution is 2.26. The topological polar surface area (TPSA) is 78.9 Å². The minimum atomic E-state index is -0.00852. The van der Waals surface area contributed by atoms with Crippen LogP contribution in [0, 0.1) is 6.92 Å². The third-order valence-electron chi connectivity index (χ3n) is 5.62. The van der Waals surface area contributed by atoms with Crippen molar-refractivity contribution in [2.45, 2.75) is 13.3 Å². The minimum Gasteiger partial charge on any atom is -0.445 e. The van der Waals surface area contributed by atoms with Gasteiger partial charge in [-0.3, -0.25) is 9.69 Å². The third kappa shape index (κ3) is 3.03. The van der Waals surface area contributed by atoms with Crippen LogP contribution in [0.25, 0.3) is 11.0 Å². The summed E-state index contributed by atoms with van der Waals surface area (Å²) in [6, 6.07) is 7.96. The molecule has 0 bridgehead atoms. The van der Waals surface area contributed by atoms with Gasteiger partial charge >= 0.3 is 0 Å². The SMILES string of the molecule is Cc1nc2c(o1)CCN(CCN1CCN(c3noc4ccccc34)CC1)C2=O. The average molecular weight is 381 g/mol. The molecule has 0 radical (unpaired) electrons. The number of hydrogen-bond donors (Lipinski definition) is 0. The fourth-order valence-electron chi connectivity index (χ4n) is 4.05. The second kappa shape index (κ2) is 6.94. The van der Waals surface area contributed by atoms with Crippen LogP contribution in [0.15, 0.2) is 33.2 Å². The van der Waals surface area contributed by atoms with E-state index in [0.29, 0.717) is 18.1 Å². The molecule has 0 unspecified atom stereocenters. The molecular weight excluding hydrogens is 358 g/mol. The van der Waals surface area contributed by atoms with Gasteiger partial charge < -0.3 is 18.7 Å². The molecule has 146 valence electrons. The maximum absolute atomic E-state index is 12.6. The molecule has 5 rings (SSSR count). The maximum Gasteiger partial charge on any atom is 0.276 e. The molecule has 0 N–H and O–H groups in total. The first-order valence-corrected chi connectivity index (χ1v) is 9.76. The Labute approximate surface area is 162 Å². The summed E-state index contributed by atoms with van der Waals surface area (Å²) in [6.45, 7) is 7.75. The smallest absolute Gasteiger partial charge is 0.276 e. The molecule has 1 amide bonds. The number of fused-ring (bicyclic) bond motifs is 2. The monoisotopic (exact) mass is 381 g/mol. The van der Waals surface area contributed by atoms with E-state index >= 15 is 0 Å². The van der Waals surface area contributed by atoms with Gasteiger partial charge in [0.1, 0.15) is 5.76 Å². The zero-order chi connectivity index (χ0) is 19.1. The lowest BCUT2D eigenvalue weighted by Gasteiger charge is -2.36. The van der Waals surface area contributed by atoms with E-state index in [1.165, 1.54) is 0 Å². The largest absolute Gasteiger partial charge is 0.445 e. The molecule has 4 heterocycles. The van der Waals surface area contributed by atoms with Crippen LogP contribution in [0.4, 0.5) is 5.82 Å². The van der Waals surface area contributed by atoms with Crippen molar-refractivity contribution < 1.29 is 13.7 Å². The van der Waals surface area contributed by atoms with Crippen molar-refractivity contribution in [2.24, 2.45) is 0 Å². The normalized spacial score (nSPS) is 18.1. The number of carbonyl (C=O) groups is 1. The standard InChI is InChI=1S/C20H23N5O3/c1-14-21-18-17(27-14)6-7-25(20(18)26)13-10-23-8-11-24(12-9-23)19-15-4-2-3-5-16(15)28-22-19/h2-5H,6-13H2,1H3. The Kier molecular flexibility index (Phi) is 4.27. The van der Waals surface area contributed by atoms with Gasteiger partial charge in [-0.15, -0.1) is 0 Å². The summed E-state index contributed by atoms with van der Waals surface area (Å²) in [4.78, 5) is 23.4. The van der Waals surface area contributed by atoms with Gasteiger partial charge in [-0.25, -0.2) is 4.98 Å². The highest BCUT2D eigenvalue weighted by atomic mass is 16.5. The molecule has 1 aromatic carbocycles. The van der Waals surface area contributed by atoms with Crippen molar-refractivity contribution >= 4 is 22.7 Å². The van der Waals surface area contributed by atoms with Crippen molar-refractivity contribution in [3.63, 3.8) is 0 Å². The summed E-state index contributed by atoms with van der Waals surface area (Å²) < 4.78 is 10.9. The van der Waals surface area contributed by atoms with Crippen molar-refractivity contribution in [3.05, 3.63) is 41.6 Å². The Morgan fingerprint density at radius 2 is 1.89 bits per heavy atom. The van der Waals surface area contributed by atoms with E-state index in [-0.39, 0.29) is 5.91 Å². The molecule has 28 heavy (non-hydrogen) atoms. The van der Waals surface area contributed by atoms with E-state index in [0.717, 1.165) is 68.2 Å². The molecule has 8 nitrogen and oxygen atoms in total. The zero-order valence-electron chi connectivity index (χ0n) is 15.9. The van der Waals surface area contributed by atoms with Gasteiger partial charge in [-0.2, -0.15) is 0 Å². The Balaban J connectivity index is 1.17. The highest BCUT2D eigenvalue weighted by molar-refractivity contribution is 5.94. The molecule has 1 fully saturated rings. The molecule has 8 heteroatoms. The van der Waals surface area contributed by atoms with E-state index in [1.54, 1.807) is 6.92 Å². The van der Waals surface area contributed by atoms with E-state index < -0.39 is 0 Å². The number of amides is 1. The number of para-hydroxylation sites is 1. The summed E-state index contributed by atoms with van der Waals surface area (Å²) in [5, 5.41) is 5.32. The fraction of sp³-hybridized carbons (Fsp3) is 0.450. The van der Waals surface area contributed by atoms with E-state index in [2.05, 4.69) is 26.0 Å². The lowest BCUT2D eigenvalue weighted by Crippen LogP contribution is -2.49. The second-order valence-electron chi connectivity index (χ2n) is 7.38. The Morgan fingerprint density at radius 1 is 1.07 bits per heavy atom.